The van der Waals surface area contributed by atoms with Crippen molar-refractivity contribution in [2.45, 2.75) is 46.1 Å². The van der Waals surface area contributed by atoms with Crippen LogP contribution in [0.4, 0.5) is 10.1 Å². The molecule has 0 saturated carbocycles. The molecule has 0 unspecified atom stereocenters. The van der Waals surface area contributed by atoms with Gasteiger partial charge in [0.05, 0.1) is 10.7 Å². The third-order valence-corrected chi connectivity index (χ3v) is 4.34. The molecule has 0 aliphatic carbocycles. The number of halogens is 2. The maximum absolute atomic E-state index is 13.9. The fourth-order valence-corrected chi connectivity index (χ4v) is 3.37. The monoisotopic (exact) mass is 325 g/mol. The van der Waals surface area contributed by atoms with Gasteiger partial charge in [-0.2, -0.15) is 4.39 Å². The number of anilines is 1. The topological polar surface area (TPSA) is 40.5 Å². The normalized spacial score (nSPS) is 15.6. The molecule has 1 aromatic carbocycles. The summed E-state index contributed by atoms with van der Waals surface area (Å²) in [7, 11) is 0. The molecule has 0 spiro atoms. The largest absolute Gasteiger partial charge is 0.476 e. The molecule has 5 heteroatoms. The third kappa shape index (κ3) is 3.12. The Labute approximate surface area is 135 Å². The van der Waals surface area contributed by atoms with Gasteiger partial charge in [0.1, 0.15) is 0 Å². The number of hydrogen-bond donors (Lipinski definition) is 1. The van der Waals surface area contributed by atoms with E-state index in [-0.39, 0.29) is 5.57 Å². The van der Waals surface area contributed by atoms with Crippen LogP contribution in [0.5, 0.6) is 0 Å². The minimum atomic E-state index is -1.53. The Balaban J connectivity index is 2.57. The number of nitrogens with zero attached hydrogens (tertiary/aromatic N) is 1. The lowest BCUT2D eigenvalue weighted by Crippen LogP contribution is -2.35. The van der Waals surface area contributed by atoms with Crippen molar-refractivity contribution >= 4 is 28.8 Å². The van der Waals surface area contributed by atoms with Crippen LogP contribution in [0.2, 0.25) is 5.02 Å². The summed E-state index contributed by atoms with van der Waals surface area (Å²) < 4.78 is 13.9. The molecule has 22 heavy (non-hydrogen) atoms. The minimum Gasteiger partial charge on any atom is -0.476 e. The number of carboxylic acids is 1. The van der Waals surface area contributed by atoms with Crippen LogP contribution in [0, 0.1) is 0 Å². The molecule has 1 aliphatic heterocycles. The average Bonchev–Trinajstić information content (AvgIpc) is 2.47. The van der Waals surface area contributed by atoms with Crippen LogP contribution in [0.1, 0.15) is 44.7 Å². The van der Waals surface area contributed by atoms with Gasteiger partial charge in [0.2, 0.25) is 5.83 Å². The van der Waals surface area contributed by atoms with Crippen LogP contribution in [0.25, 0.3) is 5.57 Å². The fraction of sp³-hybridized carbons (Fsp3) is 0.471. The van der Waals surface area contributed by atoms with E-state index < -0.39 is 11.8 Å². The first-order chi connectivity index (χ1) is 10.4. The van der Waals surface area contributed by atoms with Crippen molar-refractivity contribution in [3.8, 4) is 0 Å². The van der Waals surface area contributed by atoms with Crippen LogP contribution in [-0.4, -0.2) is 23.7 Å². The summed E-state index contributed by atoms with van der Waals surface area (Å²) in [6.07, 6.45) is 2.19. The lowest BCUT2D eigenvalue weighted by molar-refractivity contribution is -0.134. The van der Waals surface area contributed by atoms with Crippen LogP contribution in [-0.2, 0) is 11.2 Å². The summed E-state index contributed by atoms with van der Waals surface area (Å²) in [6, 6.07) is 3.90. The number of fused-ring (bicyclic) bond motifs is 1. The van der Waals surface area contributed by atoms with E-state index in [4.69, 9.17) is 16.7 Å². The molecule has 0 amide bonds. The number of allylic oxidation sites excluding steroid dienone is 1. The molecule has 1 N–H and O–H groups in total. The van der Waals surface area contributed by atoms with Crippen LogP contribution in [0.15, 0.2) is 18.0 Å². The summed E-state index contributed by atoms with van der Waals surface area (Å²) in [5, 5.41) is 9.45. The lowest BCUT2D eigenvalue weighted by atomic mass is 9.94. The molecule has 1 aromatic rings. The second kappa shape index (κ2) is 6.69. The zero-order chi connectivity index (χ0) is 16.4. The van der Waals surface area contributed by atoms with Crippen molar-refractivity contribution in [3.05, 3.63) is 34.1 Å². The van der Waals surface area contributed by atoms with E-state index in [2.05, 4.69) is 18.7 Å². The molecule has 1 aliphatic rings. The maximum Gasteiger partial charge on any atom is 0.365 e. The molecule has 120 valence electrons. The van der Waals surface area contributed by atoms with Gasteiger partial charge in [-0.3, -0.25) is 0 Å². The zero-order valence-electron chi connectivity index (χ0n) is 13.1. The fourth-order valence-electron chi connectivity index (χ4n) is 3.03. The Morgan fingerprint density at radius 3 is 2.68 bits per heavy atom. The highest BCUT2D eigenvalue weighted by Gasteiger charge is 2.24. The molecule has 3 nitrogen and oxygen atoms in total. The van der Waals surface area contributed by atoms with E-state index in [1.807, 2.05) is 6.07 Å². The van der Waals surface area contributed by atoms with Crippen LogP contribution in [0.3, 0.4) is 0 Å². The van der Waals surface area contributed by atoms with Gasteiger partial charge in [-0.25, -0.2) is 4.79 Å². The predicted octanol–water partition coefficient (Wildman–Crippen LogP) is 4.68. The number of aliphatic carboxylic acids is 1. The van der Waals surface area contributed by atoms with Gasteiger partial charge in [0, 0.05) is 18.2 Å². The first-order valence-corrected chi connectivity index (χ1v) is 7.96. The van der Waals surface area contributed by atoms with Gasteiger partial charge in [0.15, 0.2) is 0 Å². The molecule has 1 heterocycles. The molecule has 0 saturated heterocycles. The van der Waals surface area contributed by atoms with E-state index in [0.29, 0.717) is 23.0 Å². The van der Waals surface area contributed by atoms with E-state index in [9.17, 15) is 9.18 Å². The average molecular weight is 326 g/mol. The first-order valence-electron chi connectivity index (χ1n) is 7.58. The molecule has 2 rings (SSSR count). The summed E-state index contributed by atoms with van der Waals surface area (Å²) in [5.41, 5.74) is 2.82. The maximum atomic E-state index is 13.9. The van der Waals surface area contributed by atoms with Gasteiger partial charge >= 0.3 is 5.97 Å². The highest BCUT2D eigenvalue weighted by atomic mass is 35.5. The second-order valence-corrected chi connectivity index (χ2v) is 6.21. The Hall–Kier alpha value is -1.55. The van der Waals surface area contributed by atoms with Crippen molar-refractivity contribution in [2.75, 3.05) is 11.4 Å². The van der Waals surface area contributed by atoms with Crippen LogP contribution < -0.4 is 4.90 Å². The van der Waals surface area contributed by atoms with E-state index >= 15 is 0 Å². The van der Waals surface area contributed by atoms with Gasteiger partial charge in [-0.15, -0.1) is 0 Å². The number of rotatable bonds is 4. The Kier molecular flexibility index (Phi) is 5.12. The Morgan fingerprint density at radius 1 is 1.45 bits per heavy atom. The number of aryl methyl sites for hydroxylation is 1. The van der Waals surface area contributed by atoms with Crippen molar-refractivity contribution in [1.29, 1.82) is 0 Å². The van der Waals surface area contributed by atoms with Gasteiger partial charge in [0.25, 0.3) is 0 Å². The number of benzene rings is 1. The molecule has 0 aromatic heterocycles. The van der Waals surface area contributed by atoms with E-state index in [1.165, 1.54) is 0 Å². The lowest BCUT2D eigenvalue weighted by Gasteiger charge is -2.35. The van der Waals surface area contributed by atoms with Gasteiger partial charge < -0.3 is 10.0 Å². The van der Waals surface area contributed by atoms with E-state index in [0.717, 1.165) is 30.6 Å². The number of carbonyl (C=O) groups is 1. The Bertz CT molecular complexity index is 625. The van der Waals surface area contributed by atoms with Gasteiger partial charge in [-0.1, -0.05) is 18.5 Å². The van der Waals surface area contributed by atoms with Crippen LogP contribution >= 0.6 is 11.6 Å². The molecule has 0 atom stereocenters. The summed E-state index contributed by atoms with van der Waals surface area (Å²) in [5.74, 6) is -2.63. The predicted molar refractivity (Wildman–Crippen MR) is 88.2 cm³/mol. The highest BCUT2D eigenvalue weighted by Crippen LogP contribution is 2.39. The molecular weight excluding hydrogens is 305 g/mol. The van der Waals surface area contributed by atoms with Crippen molar-refractivity contribution < 1.29 is 14.3 Å². The minimum absolute atomic E-state index is 0.193. The van der Waals surface area contributed by atoms with Crippen molar-refractivity contribution in [3.63, 3.8) is 0 Å². The second-order valence-electron chi connectivity index (χ2n) is 5.81. The summed E-state index contributed by atoms with van der Waals surface area (Å²) in [6.45, 7) is 6.91. The van der Waals surface area contributed by atoms with Crippen molar-refractivity contribution in [2.24, 2.45) is 0 Å². The molecular formula is C17H21ClFNO2. The summed E-state index contributed by atoms with van der Waals surface area (Å²) >= 11 is 6.44. The molecule has 0 bridgehead atoms. The number of hydrogen-bond acceptors (Lipinski definition) is 2. The molecule has 0 radical (unpaired) electrons. The zero-order valence-corrected chi connectivity index (χ0v) is 13.9. The number of carboxylic acid groups (broad SMARTS) is 1. The highest BCUT2D eigenvalue weighted by molar-refractivity contribution is 6.33. The smallest absolute Gasteiger partial charge is 0.365 e. The molecule has 0 fully saturated rings. The quantitative estimate of drug-likeness (QED) is 0.817. The SMILES string of the molecule is CC/C(=C(\F)C(=O)O)c1cc(Cl)c2c(c1)CCCN2C(C)C. The first kappa shape index (κ1) is 16.8. The summed E-state index contributed by atoms with van der Waals surface area (Å²) in [4.78, 5) is 13.2. The Morgan fingerprint density at radius 2 is 2.14 bits per heavy atom. The van der Waals surface area contributed by atoms with E-state index in [1.54, 1.807) is 13.0 Å². The van der Waals surface area contributed by atoms with Crippen molar-refractivity contribution in [1.82, 2.24) is 0 Å². The third-order valence-electron chi connectivity index (χ3n) is 4.05. The van der Waals surface area contributed by atoms with Gasteiger partial charge in [-0.05, 0) is 56.4 Å². The standard InChI is InChI=1S/C17H21ClFNO2/c1-4-13(15(19)17(21)22)12-8-11-6-5-7-20(10(2)3)16(11)14(18)9-12/h8-10H,4-7H2,1-3H3,(H,21,22)/b15-13+.